The van der Waals surface area contributed by atoms with Crippen LogP contribution in [0.25, 0.3) is 0 Å². The SMILES string of the molecule is Cc1ccc(CN2CC3CC(C(=O)N(C)C)C(C2)O3)o1. The molecule has 2 fully saturated rings. The lowest BCUT2D eigenvalue weighted by Crippen LogP contribution is -2.44. The summed E-state index contributed by atoms with van der Waals surface area (Å²) in [7, 11) is 3.63. The fraction of sp³-hybridized carbons (Fsp3) is 0.667. The van der Waals surface area contributed by atoms with E-state index < -0.39 is 0 Å². The van der Waals surface area contributed by atoms with Gasteiger partial charge in [0.25, 0.3) is 0 Å². The first-order valence-electron chi connectivity index (χ1n) is 7.17. The van der Waals surface area contributed by atoms with Crippen LogP contribution in [0.5, 0.6) is 0 Å². The third kappa shape index (κ3) is 2.60. The molecule has 0 saturated carbocycles. The topological polar surface area (TPSA) is 45.9 Å². The van der Waals surface area contributed by atoms with Crippen molar-refractivity contribution in [1.29, 1.82) is 0 Å². The Labute approximate surface area is 119 Å². The van der Waals surface area contributed by atoms with Crippen LogP contribution < -0.4 is 0 Å². The maximum Gasteiger partial charge on any atom is 0.227 e. The zero-order valence-corrected chi connectivity index (χ0v) is 12.3. The maximum absolute atomic E-state index is 12.2. The van der Waals surface area contributed by atoms with Crippen molar-refractivity contribution in [2.24, 2.45) is 5.92 Å². The van der Waals surface area contributed by atoms with E-state index in [2.05, 4.69) is 4.90 Å². The van der Waals surface area contributed by atoms with Crippen LogP contribution in [0, 0.1) is 12.8 Å². The summed E-state index contributed by atoms with van der Waals surface area (Å²) in [4.78, 5) is 16.2. The van der Waals surface area contributed by atoms with Crippen LogP contribution in [-0.4, -0.2) is 55.1 Å². The first-order valence-corrected chi connectivity index (χ1v) is 7.17. The zero-order chi connectivity index (χ0) is 14.3. The molecule has 3 rings (SSSR count). The number of ether oxygens (including phenoxy) is 1. The molecule has 3 unspecified atom stereocenters. The summed E-state index contributed by atoms with van der Waals surface area (Å²) in [5.74, 6) is 2.13. The summed E-state index contributed by atoms with van der Waals surface area (Å²) < 4.78 is 11.6. The number of morpholine rings is 1. The van der Waals surface area contributed by atoms with Crippen molar-refractivity contribution < 1.29 is 13.9 Å². The number of carbonyl (C=O) groups excluding carboxylic acids is 1. The number of hydrogen-bond donors (Lipinski definition) is 0. The van der Waals surface area contributed by atoms with Gasteiger partial charge >= 0.3 is 0 Å². The molecule has 1 aromatic rings. The van der Waals surface area contributed by atoms with Gasteiger partial charge in [0.1, 0.15) is 11.5 Å². The van der Waals surface area contributed by atoms with E-state index in [-0.39, 0.29) is 24.0 Å². The highest BCUT2D eigenvalue weighted by molar-refractivity contribution is 5.79. The number of fused-ring (bicyclic) bond motifs is 2. The molecule has 3 atom stereocenters. The molecule has 1 aromatic heterocycles. The van der Waals surface area contributed by atoms with Crippen LogP contribution in [0.3, 0.4) is 0 Å². The summed E-state index contributed by atoms with van der Waals surface area (Å²) in [6.07, 6.45) is 1.05. The Morgan fingerprint density at radius 2 is 2.20 bits per heavy atom. The minimum absolute atomic E-state index is 0.0123. The van der Waals surface area contributed by atoms with E-state index in [4.69, 9.17) is 9.15 Å². The minimum Gasteiger partial charge on any atom is -0.465 e. The number of carbonyl (C=O) groups is 1. The van der Waals surface area contributed by atoms with Gasteiger partial charge in [0.15, 0.2) is 0 Å². The lowest BCUT2D eigenvalue weighted by molar-refractivity contribution is -0.136. The standard InChI is InChI=1S/C15H22N2O3/c1-10-4-5-11(19-10)7-17-8-12-6-13(14(9-17)20-12)15(18)16(2)3/h4-5,12-14H,6-9H2,1-3H3. The fourth-order valence-electron chi connectivity index (χ4n) is 3.25. The Bertz CT molecular complexity index is 497. The second kappa shape index (κ2) is 5.22. The van der Waals surface area contributed by atoms with Crippen LogP contribution in [0.15, 0.2) is 16.5 Å². The Kier molecular flexibility index (Phi) is 3.56. The zero-order valence-electron chi connectivity index (χ0n) is 12.3. The van der Waals surface area contributed by atoms with E-state index in [9.17, 15) is 4.79 Å². The van der Waals surface area contributed by atoms with E-state index in [0.717, 1.165) is 37.6 Å². The maximum atomic E-state index is 12.2. The number of nitrogens with zero attached hydrogens (tertiary/aromatic N) is 2. The van der Waals surface area contributed by atoms with Gasteiger partial charge in [-0.3, -0.25) is 9.69 Å². The monoisotopic (exact) mass is 278 g/mol. The Morgan fingerprint density at radius 1 is 1.40 bits per heavy atom. The van der Waals surface area contributed by atoms with Gasteiger partial charge in [-0.05, 0) is 25.5 Å². The molecule has 3 heterocycles. The molecule has 0 radical (unpaired) electrons. The van der Waals surface area contributed by atoms with Crippen molar-refractivity contribution in [3.63, 3.8) is 0 Å². The van der Waals surface area contributed by atoms with Crippen LogP contribution in [0.2, 0.25) is 0 Å². The average Bonchev–Trinajstić information content (AvgIpc) is 2.92. The van der Waals surface area contributed by atoms with Gasteiger partial charge in [-0.2, -0.15) is 0 Å². The van der Waals surface area contributed by atoms with Crippen molar-refractivity contribution in [3.8, 4) is 0 Å². The highest BCUT2D eigenvalue weighted by Crippen LogP contribution is 2.33. The smallest absolute Gasteiger partial charge is 0.227 e. The van der Waals surface area contributed by atoms with Crippen molar-refractivity contribution in [2.75, 3.05) is 27.2 Å². The number of furan rings is 1. The fourth-order valence-corrected chi connectivity index (χ4v) is 3.25. The molecule has 5 heteroatoms. The second-order valence-corrected chi connectivity index (χ2v) is 6.08. The van der Waals surface area contributed by atoms with Gasteiger partial charge < -0.3 is 14.1 Å². The van der Waals surface area contributed by atoms with Gasteiger partial charge in [-0.25, -0.2) is 0 Å². The van der Waals surface area contributed by atoms with E-state index >= 15 is 0 Å². The Morgan fingerprint density at radius 3 is 2.85 bits per heavy atom. The second-order valence-electron chi connectivity index (χ2n) is 6.08. The minimum atomic E-state index is 0.0123. The van der Waals surface area contributed by atoms with Gasteiger partial charge in [0.05, 0.1) is 24.7 Å². The number of rotatable bonds is 3. The lowest BCUT2D eigenvalue weighted by Gasteiger charge is -2.32. The predicted octanol–water partition coefficient (Wildman–Crippen LogP) is 1.27. The highest BCUT2D eigenvalue weighted by Gasteiger charge is 2.45. The predicted molar refractivity (Wildman–Crippen MR) is 74.2 cm³/mol. The van der Waals surface area contributed by atoms with Crippen molar-refractivity contribution in [2.45, 2.75) is 32.1 Å². The molecular formula is C15H22N2O3. The molecule has 0 aromatic carbocycles. The summed E-state index contributed by atoms with van der Waals surface area (Å²) in [6.45, 7) is 4.44. The number of aryl methyl sites for hydroxylation is 1. The Hall–Kier alpha value is -1.33. The van der Waals surface area contributed by atoms with Crippen LogP contribution in [0.1, 0.15) is 17.9 Å². The summed E-state index contributed by atoms with van der Waals surface area (Å²) in [5, 5.41) is 0. The van der Waals surface area contributed by atoms with E-state index in [0.29, 0.717) is 0 Å². The van der Waals surface area contributed by atoms with Gasteiger partial charge in [0.2, 0.25) is 5.91 Å². The molecule has 5 nitrogen and oxygen atoms in total. The van der Waals surface area contributed by atoms with Crippen molar-refractivity contribution in [1.82, 2.24) is 9.80 Å². The normalized spacial score (nSPS) is 29.6. The molecule has 0 spiro atoms. The molecule has 2 aliphatic rings. The van der Waals surface area contributed by atoms with Crippen molar-refractivity contribution in [3.05, 3.63) is 23.7 Å². The number of likely N-dealkylation sites (tertiary alicyclic amines) is 1. The molecule has 110 valence electrons. The average molecular weight is 278 g/mol. The van der Waals surface area contributed by atoms with E-state index in [1.807, 2.05) is 33.2 Å². The molecule has 1 amide bonds. The third-order valence-electron chi connectivity index (χ3n) is 4.17. The summed E-state index contributed by atoms with van der Waals surface area (Å²) >= 11 is 0. The molecule has 2 bridgehead atoms. The van der Waals surface area contributed by atoms with E-state index in [1.165, 1.54) is 0 Å². The summed E-state index contributed by atoms with van der Waals surface area (Å²) in [6, 6.07) is 4.01. The molecule has 0 aliphatic carbocycles. The third-order valence-corrected chi connectivity index (χ3v) is 4.17. The van der Waals surface area contributed by atoms with Crippen molar-refractivity contribution >= 4 is 5.91 Å². The summed E-state index contributed by atoms with van der Waals surface area (Å²) in [5.41, 5.74) is 0. The first kappa shape index (κ1) is 13.6. The highest BCUT2D eigenvalue weighted by atomic mass is 16.5. The van der Waals surface area contributed by atoms with Gasteiger partial charge in [0, 0.05) is 27.2 Å². The molecule has 0 N–H and O–H groups in total. The molecule has 20 heavy (non-hydrogen) atoms. The molecule has 2 saturated heterocycles. The molecular weight excluding hydrogens is 256 g/mol. The van der Waals surface area contributed by atoms with E-state index in [1.54, 1.807) is 4.90 Å². The number of hydrogen-bond acceptors (Lipinski definition) is 4. The Balaban J connectivity index is 1.64. The number of amides is 1. The van der Waals surface area contributed by atoms with Gasteiger partial charge in [-0.1, -0.05) is 0 Å². The van der Waals surface area contributed by atoms with Crippen LogP contribution in [-0.2, 0) is 16.1 Å². The van der Waals surface area contributed by atoms with Crippen LogP contribution in [0.4, 0.5) is 0 Å². The first-order chi connectivity index (χ1) is 9.52. The van der Waals surface area contributed by atoms with Crippen LogP contribution >= 0.6 is 0 Å². The quantitative estimate of drug-likeness (QED) is 0.835. The lowest BCUT2D eigenvalue weighted by atomic mass is 9.99. The van der Waals surface area contributed by atoms with Gasteiger partial charge in [-0.15, -0.1) is 0 Å². The molecule has 2 aliphatic heterocycles. The largest absolute Gasteiger partial charge is 0.465 e.